The monoisotopic (exact) mass is 484 g/mol. The number of carbonyl (C=O) groups excluding carboxylic acids is 1. The molecule has 1 aromatic carbocycles. The number of hydrogen-bond acceptors (Lipinski definition) is 9. The number of aryl methyl sites for hydroxylation is 1. The van der Waals surface area contributed by atoms with Crippen molar-refractivity contribution >= 4 is 32.1 Å². The minimum atomic E-state index is -5.13. The Morgan fingerprint density at radius 2 is 1.71 bits per heavy atom. The van der Waals surface area contributed by atoms with Crippen molar-refractivity contribution in [2.45, 2.75) is 22.9 Å². The van der Waals surface area contributed by atoms with E-state index in [-0.39, 0.29) is 11.8 Å². The van der Waals surface area contributed by atoms with Crippen molar-refractivity contribution in [2.24, 2.45) is 0 Å². The molecule has 0 atom stereocenters. The highest BCUT2D eigenvalue weighted by Gasteiger charge is 2.34. The van der Waals surface area contributed by atoms with Gasteiger partial charge in [0.15, 0.2) is 6.61 Å². The van der Waals surface area contributed by atoms with E-state index < -0.39 is 48.7 Å². The van der Waals surface area contributed by atoms with Crippen LogP contribution in [0.3, 0.4) is 0 Å². The van der Waals surface area contributed by atoms with Gasteiger partial charge < -0.3 is 4.74 Å². The fourth-order valence-electron chi connectivity index (χ4n) is 2.09. The summed E-state index contributed by atoms with van der Waals surface area (Å²) in [5.41, 5.74) is 0.378. The average molecular weight is 484 g/mol. The van der Waals surface area contributed by atoms with Crippen LogP contribution >= 0.6 is 0 Å². The summed E-state index contributed by atoms with van der Waals surface area (Å²) in [6.07, 6.45) is -4.98. The van der Waals surface area contributed by atoms with Crippen LogP contribution in [0.25, 0.3) is 0 Å². The number of anilines is 1. The van der Waals surface area contributed by atoms with Gasteiger partial charge in [0.1, 0.15) is 9.79 Å². The van der Waals surface area contributed by atoms with E-state index in [4.69, 9.17) is 4.74 Å². The third-order valence-corrected chi connectivity index (χ3v) is 6.12. The SMILES string of the molecule is COc1cc(C)nc(NC(=O)NS(=O)(=O)c2ccccc2S(=O)(=O)OCC(F)(F)F)n1. The first kappa shape index (κ1) is 24.3. The van der Waals surface area contributed by atoms with Crippen molar-refractivity contribution in [2.75, 3.05) is 19.0 Å². The maximum Gasteiger partial charge on any atom is 0.413 e. The zero-order valence-electron chi connectivity index (χ0n) is 15.8. The van der Waals surface area contributed by atoms with Crippen molar-refractivity contribution < 1.29 is 43.7 Å². The number of rotatable bonds is 7. The fraction of sp³-hybridized carbons (Fsp3) is 0.267. The van der Waals surface area contributed by atoms with Crippen LogP contribution in [0.2, 0.25) is 0 Å². The van der Waals surface area contributed by atoms with E-state index in [1.54, 1.807) is 6.92 Å². The molecule has 11 nitrogen and oxygen atoms in total. The van der Waals surface area contributed by atoms with Crippen LogP contribution < -0.4 is 14.8 Å². The number of halogens is 3. The minimum absolute atomic E-state index is 0.0731. The van der Waals surface area contributed by atoms with E-state index in [2.05, 4.69) is 14.2 Å². The number of amides is 2. The number of aromatic nitrogens is 2. The lowest BCUT2D eigenvalue weighted by molar-refractivity contribution is -0.152. The second kappa shape index (κ2) is 9.03. The summed E-state index contributed by atoms with van der Waals surface area (Å²) < 4.78 is 96.4. The zero-order chi connectivity index (χ0) is 23.4. The van der Waals surface area contributed by atoms with Crippen molar-refractivity contribution in [1.82, 2.24) is 14.7 Å². The lowest BCUT2D eigenvalue weighted by atomic mass is 10.4. The van der Waals surface area contributed by atoms with Crippen LogP contribution in [-0.2, 0) is 24.3 Å². The highest BCUT2D eigenvalue weighted by molar-refractivity contribution is 7.92. The Bertz CT molecular complexity index is 1190. The number of hydrogen-bond donors (Lipinski definition) is 2. The topological polar surface area (TPSA) is 154 Å². The van der Waals surface area contributed by atoms with Gasteiger partial charge in [0, 0.05) is 11.8 Å². The van der Waals surface area contributed by atoms with Crippen molar-refractivity contribution in [1.29, 1.82) is 0 Å². The van der Waals surface area contributed by atoms with Gasteiger partial charge in [0.05, 0.1) is 7.11 Å². The molecule has 2 amide bonds. The van der Waals surface area contributed by atoms with Crippen LogP contribution in [0.5, 0.6) is 5.88 Å². The predicted molar refractivity (Wildman–Crippen MR) is 98.3 cm³/mol. The number of carbonyl (C=O) groups is 1. The molecule has 0 bridgehead atoms. The molecule has 0 radical (unpaired) electrons. The number of nitrogens with zero attached hydrogens (tertiary/aromatic N) is 2. The summed E-state index contributed by atoms with van der Waals surface area (Å²) in [5, 5.41) is 2.03. The quantitative estimate of drug-likeness (QED) is 0.558. The molecular weight excluding hydrogens is 469 g/mol. The summed E-state index contributed by atoms with van der Waals surface area (Å²) in [5.74, 6) is -0.247. The Kier molecular flexibility index (Phi) is 7.07. The summed E-state index contributed by atoms with van der Waals surface area (Å²) in [6, 6.07) is 3.72. The first-order valence-electron chi connectivity index (χ1n) is 8.02. The molecule has 2 rings (SSSR count). The molecule has 0 saturated carbocycles. The molecule has 2 aromatic rings. The first-order chi connectivity index (χ1) is 14.2. The molecule has 170 valence electrons. The Hall–Kier alpha value is -2.98. The second-order valence-electron chi connectivity index (χ2n) is 5.71. The number of ether oxygens (including phenoxy) is 1. The molecule has 0 aliphatic rings. The molecule has 0 aliphatic carbocycles. The lowest BCUT2D eigenvalue weighted by Crippen LogP contribution is -2.35. The lowest BCUT2D eigenvalue weighted by Gasteiger charge is -2.13. The molecule has 1 heterocycles. The standard InChI is InChI=1S/C15H15F3N4O7S2/c1-9-7-12(28-2)20-13(19-9)21-14(23)22-30(24,25)10-5-3-4-6-11(10)31(26,27)29-8-15(16,17)18/h3-7H,8H2,1-2H3,(H2,19,20,21,22,23). The van der Waals surface area contributed by atoms with Crippen LogP contribution in [0.1, 0.15) is 5.69 Å². The van der Waals surface area contributed by atoms with Gasteiger partial charge in [-0.25, -0.2) is 22.9 Å². The van der Waals surface area contributed by atoms with E-state index in [0.29, 0.717) is 11.8 Å². The molecule has 0 spiro atoms. The maximum absolute atomic E-state index is 12.5. The summed E-state index contributed by atoms with van der Waals surface area (Å²) in [7, 11) is -8.69. The Balaban J connectivity index is 2.28. The van der Waals surface area contributed by atoms with Gasteiger partial charge in [-0.15, -0.1) is 0 Å². The minimum Gasteiger partial charge on any atom is -0.481 e. The molecule has 2 N–H and O–H groups in total. The summed E-state index contributed by atoms with van der Waals surface area (Å²) >= 11 is 0. The first-order valence-corrected chi connectivity index (χ1v) is 10.9. The van der Waals surface area contributed by atoms with E-state index in [1.165, 1.54) is 17.9 Å². The largest absolute Gasteiger partial charge is 0.481 e. The number of nitrogens with one attached hydrogen (secondary N) is 2. The maximum atomic E-state index is 12.5. The molecule has 0 saturated heterocycles. The van der Waals surface area contributed by atoms with Gasteiger partial charge in [-0.05, 0) is 19.1 Å². The van der Waals surface area contributed by atoms with Gasteiger partial charge in [-0.2, -0.15) is 26.6 Å². The van der Waals surface area contributed by atoms with Gasteiger partial charge in [-0.3, -0.25) is 9.50 Å². The van der Waals surface area contributed by atoms with Gasteiger partial charge in [-0.1, -0.05) is 12.1 Å². The molecule has 0 fully saturated rings. The normalized spacial score (nSPS) is 12.3. The van der Waals surface area contributed by atoms with Crippen LogP contribution in [0, 0.1) is 6.92 Å². The highest BCUT2D eigenvalue weighted by atomic mass is 32.2. The Morgan fingerprint density at radius 1 is 1.10 bits per heavy atom. The van der Waals surface area contributed by atoms with E-state index in [0.717, 1.165) is 18.2 Å². The van der Waals surface area contributed by atoms with E-state index in [1.807, 2.05) is 5.32 Å². The van der Waals surface area contributed by atoms with Crippen LogP contribution in [-0.4, -0.2) is 52.7 Å². The third kappa shape index (κ3) is 6.76. The molecule has 0 unspecified atom stereocenters. The third-order valence-electron chi connectivity index (χ3n) is 3.28. The smallest absolute Gasteiger partial charge is 0.413 e. The number of sulfonamides is 1. The van der Waals surface area contributed by atoms with Gasteiger partial charge in [0.25, 0.3) is 20.1 Å². The molecule has 31 heavy (non-hydrogen) atoms. The predicted octanol–water partition coefficient (Wildman–Crippen LogP) is 1.57. The fourth-order valence-corrected chi connectivity index (χ4v) is 4.70. The van der Waals surface area contributed by atoms with Crippen LogP contribution in [0.15, 0.2) is 40.1 Å². The highest BCUT2D eigenvalue weighted by Crippen LogP contribution is 2.25. The Morgan fingerprint density at radius 3 is 2.29 bits per heavy atom. The van der Waals surface area contributed by atoms with Crippen molar-refractivity contribution in [3.8, 4) is 5.88 Å². The van der Waals surface area contributed by atoms with Gasteiger partial charge >= 0.3 is 12.2 Å². The number of benzene rings is 1. The Labute approximate surface area is 174 Å². The average Bonchev–Trinajstić information content (AvgIpc) is 2.65. The number of urea groups is 1. The second-order valence-corrected chi connectivity index (χ2v) is 8.95. The summed E-state index contributed by atoms with van der Waals surface area (Å²) in [6.45, 7) is -0.615. The molecule has 0 aliphatic heterocycles. The van der Waals surface area contributed by atoms with Gasteiger partial charge in [0.2, 0.25) is 11.8 Å². The number of alkyl halides is 3. The summed E-state index contributed by atoms with van der Waals surface area (Å²) in [4.78, 5) is 17.6. The van der Waals surface area contributed by atoms with Crippen LogP contribution in [0.4, 0.5) is 23.9 Å². The zero-order valence-corrected chi connectivity index (χ0v) is 17.4. The molecule has 16 heteroatoms. The van der Waals surface area contributed by atoms with E-state index >= 15 is 0 Å². The molecular formula is C15H15F3N4O7S2. The van der Waals surface area contributed by atoms with Crippen molar-refractivity contribution in [3.63, 3.8) is 0 Å². The number of methoxy groups -OCH3 is 1. The van der Waals surface area contributed by atoms with Crippen molar-refractivity contribution in [3.05, 3.63) is 36.0 Å². The van der Waals surface area contributed by atoms with E-state index in [9.17, 15) is 34.8 Å². The molecule has 1 aromatic heterocycles.